The summed E-state index contributed by atoms with van der Waals surface area (Å²) in [5.41, 5.74) is 0. The molecule has 2 rings (SSSR count). The van der Waals surface area contributed by atoms with Crippen molar-refractivity contribution in [3.05, 3.63) is 0 Å². The van der Waals surface area contributed by atoms with Gasteiger partial charge in [-0.15, -0.1) is 0 Å². The van der Waals surface area contributed by atoms with Gasteiger partial charge < -0.3 is 10.1 Å². The summed E-state index contributed by atoms with van der Waals surface area (Å²) in [6, 6.07) is 0.460. The maximum atomic E-state index is 12.1. The van der Waals surface area contributed by atoms with Crippen molar-refractivity contribution in [1.82, 2.24) is 10.2 Å². The van der Waals surface area contributed by atoms with Crippen LogP contribution >= 0.6 is 0 Å². The molecular formula is C15H28N2O2. The second-order valence-corrected chi connectivity index (χ2v) is 6.17. The van der Waals surface area contributed by atoms with Crippen molar-refractivity contribution < 1.29 is 9.53 Å². The van der Waals surface area contributed by atoms with Crippen LogP contribution in [0.1, 0.15) is 40.0 Å². The molecule has 1 N–H and O–H groups in total. The van der Waals surface area contributed by atoms with Crippen LogP contribution in [0, 0.1) is 11.8 Å². The van der Waals surface area contributed by atoms with Crippen molar-refractivity contribution >= 4 is 5.97 Å². The number of nitrogens with one attached hydrogen (secondary N) is 1. The Morgan fingerprint density at radius 2 is 2.16 bits per heavy atom. The number of esters is 1. The number of hydrogen-bond donors (Lipinski definition) is 1. The van der Waals surface area contributed by atoms with Crippen LogP contribution < -0.4 is 5.32 Å². The lowest BCUT2D eigenvalue weighted by Crippen LogP contribution is -2.60. The van der Waals surface area contributed by atoms with Gasteiger partial charge in [0.05, 0.1) is 6.61 Å². The highest BCUT2D eigenvalue weighted by atomic mass is 16.5. The lowest BCUT2D eigenvalue weighted by Gasteiger charge is -2.45. The molecule has 2 fully saturated rings. The van der Waals surface area contributed by atoms with Gasteiger partial charge in [-0.25, -0.2) is 0 Å². The number of nitrogens with zero attached hydrogens (tertiary/aromatic N) is 1. The molecule has 1 aliphatic carbocycles. The van der Waals surface area contributed by atoms with Gasteiger partial charge in [-0.3, -0.25) is 9.69 Å². The topological polar surface area (TPSA) is 41.6 Å². The molecule has 1 aliphatic heterocycles. The maximum absolute atomic E-state index is 12.1. The number of carbonyl (C=O) groups excluding carboxylic acids is 1. The van der Waals surface area contributed by atoms with Gasteiger partial charge >= 0.3 is 5.97 Å². The predicted molar refractivity (Wildman–Crippen MR) is 76.0 cm³/mol. The van der Waals surface area contributed by atoms with Crippen molar-refractivity contribution in [2.45, 2.75) is 52.1 Å². The highest BCUT2D eigenvalue weighted by Crippen LogP contribution is 2.33. The van der Waals surface area contributed by atoms with Crippen molar-refractivity contribution in [1.29, 1.82) is 0 Å². The molecule has 0 aromatic rings. The predicted octanol–water partition coefficient (Wildman–Crippen LogP) is 1.65. The largest absolute Gasteiger partial charge is 0.465 e. The Hall–Kier alpha value is -0.610. The first kappa shape index (κ1) is 14.8. The fourth-order valence-corrected chi connectivity index (χ4v) is 3.72. The third kappa shape index (κ3) is 3.48. The van der Waals surface area contributed by atoms with Crippen molar-refractivity contribution in [3.8, 4) is 0 Å². The molecule has 1 heterocycles. The van der Waals surface area contributed by atoms with E-state index in [1.54, 1.807) is 0 Å². The molecule has 0 aromatic carbocycles. The van der Waals surface area contributed by atoms with Gasteiger partial charge in [0.1, 0.15) is 6.04 Å². The first-order chi connectivity index (χ1) is 9.13. The van der Waals surface area contributed by atoms with E-state index in [0.717, 1.165) is 25.6 Å². The molecule has 110 valence electrons. The van der Waals surface area contributed by atoms with Gasteiger partial charge in [-0.2, -0.15) is 0 Å². The first-order valence-corrected chi connectivity index (χ1v) is 7.76. The highest BCUT2D eigenvalue weighted by molar-refractivity contribution is 5.76. The molecule has 4 atom stereocenters. The van der Waals surface area contributed by atoms with Crippen LogP contribution in [0.4, 0.5) is 0 Å². The number of hydrogen-bond acceptors (Lipinski definition) is 4. The fourth-order valence-electron chi connectivity index (χ4n) is 3.72. The molecule has 1 saturated heterocycles. The summed E-state index contributed by atoms with van der Waals surface area (Å²) in [5, 5.41) is 3.32. The standard InChI is InChI=1S/C15H28N2O2/c1-4-19-15(18)14-10-16-7-8-17(14)13-6-5-11(2)9-12(13)3/h11-14,16H,4-10H2,1-3H3. The zero-order valence-corrected chi connectivity index (χ0v) is 12.5. The average molecular weight is 268 g/mol. The summed E-state index contributed by atoms with van der Waals surface area (Å²) in [5.74, 6) is 1.45. The molecular weight excluding hydrogens is 240 g/mol. The van der Waals surface area contributed by atoms with Crippen molar-refractivity contribution in [3.63, 3.8) is 0 Å². The van der Waals surface area contributed by atoms with E-state index in [2.05, 4.69) is 24.1 Å². The van der Waals surface area contributed by atoms with E-state index >= 15 is 0 Å². The van der Waals surface area contributed by atoms with Gasteiger partial charge in [0.2, 0.25) is 0 Å². The quantitative estimate of drug-likeness (QED) is 0.790. The van der Waals surface area contributed by atoms with Gasteiger partial charge in [0.15, 0.2) is 0 Å². The molecule has 0 aromatic heterocycles. The number of piperazine rings is 1. The molecule has 0 amide bonds. The lowest BCUT2D eigenvalue weighted by atomic mass is 9.78. The molecule has 0 radical (unpaired) electrons. The van der Waals surface area contributed by atoms with Gasteiger partial charge in [-0.1, -0.05) is 13.8 Å². The second kappa shape index (κ2) is 6.71. The van der Waals surface area contributed by atoms with E-state index in [4.69, 9.17) is 4.74 Å². The average Bonchev–Trinajstić information content (AvgIpc) is 2.39. The zero-order valence-electron chi connectivity index (χ0n) is 12.5. The van der Waals surface area contributed by atoms with E-state index in [1.807, 2.05) is 6.92 Å². The van der Waals surface area contributed by atoms with Crippen LogP contribution in [0.15, 0.2) is 0 Å². The third-order valence-electron chi connectivity index (χ3n) is 4.66. The van der Waals surface area contributed by atoms with Crippen LogP contribution in [-0.2, 0) is 9.53 Å². The molecule has 4 heteroatoms. The minimum Gasteiger partial charge on any atom is -0.465 e. The Labute approximate surface area is 116 Å². The molecule has 0 bridgehead atoms. The Balaban J connectivity index is 2.04. The molecule has 0 spiro atoms. The normalized spacial score (nSPS) is 37.0. The maximum Gasteiger partial charge on any atom is 0.324 e. The third-order valence-corrected chi connectivity index (χ3v) is 4.66. The summed E-state index contributed by atoms with van der Waals surface area (Å²) in [6.07, 6.45) is 3.79. The minimum atomic E-state index is -0.0884. The fraction of sp³-hybridized carbons (Fsp3) is 0.933. The second-order valence-electron chi connectivity index (χ2n) is 6.17. The van der Waals surface area contributed by atoms with E-state index in [-0.39, 0.29) is 12.0 Å². The van der Waals surface area contributed by atoms with Crippen molar-refractivity contribution in [2.24, 2.45) is 11.8 Å². The monoisotopic (exact) mass is 268 g/mol. The van der Waals surface area contributed by atoms with Crippen LogP contribution in [0.3, 0.4) is 0 Å². The molecule has 4 unspecified atom stereocenters. The van der Waals surface area contributed by atoms with E-state index in [9.17, 15) is 4.79 Å². The minimum absolute atomic E-state index is 0.0551. The lowest BCUT2D eigenvalue weighted by molar-refractivity contribution is -0.152. The Kier molecular flexibility index (Phi) is 5.22. The SMILES string of the molecule is CCOC(=O)C1CNCCN1C1CCC(C)CC1C. The van der Waals surface area contributed by atoms with Crippen LogP contribution in [0.2, 0.25) is 0 Å². The highest BCUT2D eigenvalue weighted by Gasteiger charge is 2.38. The Morgan fingerprint density at radius 3 is 2.84 bits per heavy atom. The summed E-state index contributed by atoms with van der Waals surface area (Å²) < 4.78 is 5.24. The Bertz CT molecular complexity index is 309. The number of rotatable bonds is 3. The van der Waals surface area contributed by atoms with Gasteiger partial charge in [-0.05, 0) is 38.0 Å². The van der Waals surface area contributed by atoms with Crippen LogP contribution in [-0.4, -0.2) is 49.2 Å². The summed E-state index contributed by atoms with van der Waals surface area (Å²) >= 11 is 0. The molecule has 1 saturated carbocycles. The number of carbonyl (C=O) groups is 1. The van der Waals surface area contributed by atoms with Crippen LogP contribution in [0.5, 0.6) is 0 Å². The number of ether oxygens (including phenoxy) is 1. The van der Waals surface area contributed by atoms with E-state index in [1.165, 1.54) is 19.3 Å². The van der Waals surface area contributed by atoms with Crippen LogP contribution in [0.25, 0.3) is 0 Å². The summed E-state index contributed by atoms with van der Waals surface area (Å²) in [7, 11) is 0. The van der Waals surface area contributed by atoms with Crippen molar-refractivity contribution in [2.75, 3.05) is 26.2 Å². The Morgan fingerprint density at radius 1 is 1.37 bits per heavy atom. The zero-order chi connectivity index (χ0) is 13.8. The summed E-state index contributed by atoms with van der Waals surface area (Å²) in [6.45, 7) is 9.71. The molecule has 19 heavy (non-hydrogen) atoms. The van der Waals surface area contributed by atoms with E-state index in [0.29, 0.717) is 18.6 Å². The van der Waals surface area contributed by atoms with Gasteiger partial charge in [0, 0.05) is 25.7 Å². The molecule has 4 nitrogen and oxygen atoms in total. The first-order valence-electron chi connectivity index (χ1n) is 7.76. The summed E-state index contributed by atoms with van der Waals surface area (Å²) in [4.78, 5) is 14.5. The molecule has 2 aliphatic rings. The van der Waals surface area contributed by atoms with Gasteiger partial charge in [0.25, 0.3) is 0 Å². The van der Waals surface area contributed by atoms with E-state index < -0.39 is 0 Å². The smallest absolute Gasteiger partial charge is 0.324 e.